The van der Waals surface area contributed by atoms with Crippen LogP contribution in [0.5, 0.6) is 11.5 Å². The summed E-state index contributed by atoms with van der Waals surface area (Å²) in [6.07, 6.45) is 2.88. The Morgan fingerprint density at radius 1 is 1.00 bits per heavy atom. The normalized spacial score (nSPS) is 18.9. The minimum absolute atomic E-state index is 0.189. The fourth-order valence-electron chi connectivity index (χ4n) is 3.45. The molecule has 0 aromatic heterocycles. The van der Waals surface area contributed by atoms with Crippen molar-refractivity contribution in [3.63, 3.8) is 0 Å². The van der Waals surface area contributed by atoms with Crippen molar-refractivity contribution in [1.29, 1.82) is 0 Å². The first-order chi connectivity index (χ1) is 12.6. The summed E-state index contributed by atoms with van der Waals surface area (Å²) in [6, 6.07) is 15.0. The average molecular weight is 375 g/mol. The topological polar surface area (TPSA) is 55.8 Å². The molecular weight excluding hydrogens is 350 g/mol. The van der Waals surface area contributed by atoms with Crippen molar-refractivity contribution < 1.29 is 17.9 Å². The monoisotopic (exact) mass is 375 g/mol. The molecule has 26 heavy (non-hydrogen) atoms. The van der Waals surface area contributed by atoms with Crippen LogP contribution in [-0.4, -0.2) is 40.0 Å². The quantitative estimate of drug-likeness (QED) is 0.800. The SMILES string of the molecule is COc1ccc(S(=O)(=O)N2CCCCC(c3ccccc3)C2)c(OC)c1. The summed E-state index contributed by atoms with van der Waals surface area (Å²) in [7, 11) is -0.622. The van der Waals surface area contributed by atoms with Crippen LogP contribution in [0.15, 0.2) is 53.4 Å². The molecule has 0 spiro atoms. The minimum Gasteiger partial charge on any atom is -0.497 e. The lowest BCUT2D eigenvalue weighted by Crippen LogP contribution is -2.34. The number of methoxy groups -OCH3 is 2. The molecule has 1 fully saturated rings. The van der Waals surface area contributed by atoms with Crippen LogP contribution in [0.2, 0.25) is 0 Å². The van der Waals surface area contributed by atoms with E-state index < -0.39 is 10.0 Å². The number of rotatable bonds is 5. The van der Waals surface area contributed by atoms with Gasteiger partial charge in [0, 0.05) is 19.2 Å². The van der Waals surface area contributed by atoms with Gasteiger partial charge in [0.2, 0.25) is 10.0 Å². The first kappa shape index (κ1) is 18.7. The average Bonchev–Trinajstić information content (AvgIpc) is 2.95. The van der Waals surface area contributed by atoms with Gasteiger partial charge in [-0.2, -0.15) is 4.31 Å². The van der Waals surface area contributed by atoms with E-state index in [9.17, 15) is 8.42 Å². The molecule has 0 amide bonds. The Bertz CT molecular complexity index is 836. The molecule has 1 aliphatic heterocycles. The molecule has 1 aliphatic rings. The lowest BCUT2D eigenvalue weighted by atomic mass is 9.95. The van der Waals surface area contributed by atoms with Crippen LogP contribution < -0.4 is 9.47 Å². The third-order valence-electron chi connectivity index (χ3n) is 4.89. The van der Waals surface area contributed by atoms with Crippen LogP contribution in [0.1, 0.15) is 30.7 Å². The zero-order valence-electron chi connectivity index (χ0n) is 15.2. The number of ether oxygens (including phenoxy) is 2. The van der Waals surface area contributed by atoms with Crippen molar-refractivity contribution in [3.05, 3.63) is 54.1 Å². The van der Waals surface area contributed by atoms with Gasteiger partial charge in [0.1, 0.15) is 16.4 Å². The number of benzene rings is 2. The van der Waals surface area contributed by atoms with Crippen LogP contribution in [0.3, 0.4) is 0 Å². The van der Waals surface area contributed by atoms with E-state index >= 15 is 0 Å². The van der Waals surface area contributed by atoms with Crippen LogP contribution in [-0.2, 0) is 10.0 Å². The van der Waals surface area contributed by atoms with Gasteiger partial charge in [-0.05, 0) is 36.5 Å². The standard InChI is InChI=1S/C20H25NO4S/c1-24-18-11-12-20(19(14-18)25-2)26(22,23)21-13-7-6-10-17(15-21)16-8-4-3-5-9-16/h3-5,8-9,11-12,14,17H,6-7,10,13,15H2,1-2H3. The predicted octanol–water partition coefficient (Wildman–Crippen LogP) is 3.66. The summed E-state index contributed by atoms with van der Waals surface area (Å²) in [4.78, 5) is 0.189. The second-order valence-electron chi connectivity index (χ2n) is 6.48. The summed E-state index contributed by atoms with van der Waals surface area (Å²) in [6.45, 7) is 1.02. The molecule has 0 radical (unpaired) electrons. The third kappa shape index (κ3) is 3.86. The van der Waals surface area contributed by atoms with Gasteiger partial charge in [0.15, 0.2) is 0 Å². The lowest BCUT2D eigenvalue weighted by molar-refractivity contribution is 0.377. The highest BCUT2D eigenvalue weighted by Crippen LogP contribution is 2.34. The van der Waals surface area contributed by atoms with Crippen LogP contribution >= 0.6 is 0 Å². The maximum absolute atomic E-state index is 13.3. The minimum atomic E-state index is -3.64. The van der Waals surface area contributed by atoms with Gasteiger partial charge in [0.25, 0.3) is 0 Å². The van der Waals surface area contributed by atoms with E-state index in [-0.39, 0.29) is 10.8 Å². The molecule has 0 aliphatic carbocycles. The molecule has 1 atom stereocenters. The van der Waals surface area contributed by atoms with Gasteiger partial charge in [-0.1, -0.05) is 36.8 Å². The Labute approximate surface area is 155 Å². The molecule has 0 N–H and O–H groups in total. The number of sulfonamides is 1. The fourth-order valence-corrected chi connectivity index (χ4v) is 5.11. The van der Waals surface area contributed by atoms with Crippen molar-refractivity contribution >= 4 is 10.0 Å². The molecule has 6 heteroatoms. The number of hydrogen-bond acceptors (Lipinski definition) is 4. The van der Waals surface area contributed by atoms with E-state index in [2.05, 4.69) is 12.1 Å². The maximum Gasteiger partial charge on any atom is 0.246 e. The van der Waals surface area contributed by atoms with Gasteiger partial charge in [0.05, 0.1) is 14.2 Å². The van der Waals surface area contributed by atoms with Crippen molar-refractivity contribution in [3.8, 4) is 11.5 Å². The first-order valence-electron chi connectivity index (χ1n) is 8.83. The van der Waals surface area contributed by atoms with Gasteiger partial charge in [-0.15, -0.1) is 0 Å². The van der Waals surface area contributed by atoms with Gasteiger partial charge in [-0.3, -0.25) is 0 Å². The molecule has 0 bridgehead atoms. The van der Waals surface area contributed by atoms with Crippen molar-refractivity contribution in [2.75, 3.05) is 27.3 Å². The Morgan fingerprint density at radius 2 is 1.77 bits per heavy atom. The second-order valence-corrected chi connectivity index (χ2v) is 8.39. The third-order valence-corrected chi connectivity index (χ3v) is 6.80. The lowest BCUT2D eigenvalue weighted by Gasteiger charge is -2.25. The van der Waals surface area contributed by atoms with Gasteiger partial charge < -0.3 is 9.47 Å². The zero-order valence-corrected chi connectivity index (χ0v) is 16.0. The van der Waals surface area contributed by atoms with Gasteiger partial charge >= 0.3 is 0 Å². The molecule has 140 valence electrons. The van der Waals surface area contributed by atoms with Crippen LogP contribution in [0.4, 0.5) is 0 Å². The van der Waals surface area contributed by atoms with E-state index in [0.29, 0.717) is 24.6 Å². The molecule has 1 unspecified atom stereocenters. The molecular formula is C20H25NO4S. The Balaban J connectivity index is 1.93. The van der Waals surface area contributed by atoms with Crippen molar-refractivity contribution in [1.82, 2.24) is 4.31 Å². The molecule has 3 rings (SSSR count). The van der Waals surface area contributed by atoms with E-state index in [4.69, 9.17) is 9.47 Å². The first-order valence-corrected chi connectivity index (χ1v) is 10.3. The Hall–Kier alpha value is -2.05. The Morgan fingerprint density at radius 3 is 2.46 bits per heavy atom. The Kier molecular flexibility index (Phi) is 5.84. The second kappa shape index (κ2) is 8.10. The van der Waals surface area contributed by atoms with Crippen LogP contribution in [0, 0.1) is 0 Å². The van der Waals surface area contributed by atoms with Gasteiger partial charge in [-0.25, -0.2) is 8.42 Å². The molecule has 2 aromatic rings. The highest BCUT2D eigenvalue weighted by atomic mass is 32.2. The highest BCUT2D eigenvalue weighted by molar-refractivity contribution is 7.89. The van der Waals surface area contributed by atoms with E-state index in [1.807, 2.05) is 18.2 Å². The smallest absolute Gasteiger partial charge is 0.246 e. The molecule has 2 aromatic carbocycles. The molecule has 0 saturated carbocycles. The maximum atomic E-state index is 13.3. The summed E-state index contributed by atoms with van der Waals surface area (Å²) in [5, 5.41) is 0. The largest absolute Gasteiger partial charge is 0.497 e. The highest BCUT2D eigenvalue weighted by Gasteiger charge is 2.31. The van der Waals surface area contributed by atoms with E-state index in [1.54, 1.807) is 29.6 Å². The summed E-state index contributed by atoms with van der Waals surface area (Å²) >= 11 is 0. The van der Waals surface area contributed by atoms with Crippen molar-refractivity contribution in [2.45, 2.75) is 30.1 Å². The van der Waals surface area contributed by atoms with E-state index in [0.717, 1.165) is 19.3 Å². The van der Waals surface area contributed by atoms with E-state index in [1.165, 1.54) is 12.7 Å². The van der Waals surface area contributed by atoms with Crippen LogP contribution in [0.25, 0.3) is 0 Å². The summed E-state index contributed by atoms with van der Waals surface area (Å²) < 4.78 is 38.7. The predicted molar refractivity (Wildman–Crippen MR) is 101 cm³/mol. The van der Waals surface area contributed by atoms with Crippen molar-refractivity contribution in [2.24, 2.45) is 0 Å². The zero-order chi connectivity index (χ0) is 18.6. The molecule has 5 nitrogen and oxygen atoms in total. The molecule has 1 saturated heterocycles. The fraction of sp³-hybridized carbons (Fsp3) is 0.400. The summed E-state index contributed by atoms with van der Waals surface area (Å²) in [5.41, 5.74) is 1.19. The number of hydrogen-bond donors (Lipinski definition) is 0. The number of nitrogens with zero attached hydrogens (tertiary/aromatic N) is 1. The molecule has 1 heterocycles. The summed E-state index contributed by atoms with van der Waals surface area (Å²) in [5.74, 6) is 1.08.